The summed E-state index contributed by atoms with van der Waals surface area (Å²) in [5.41, 5.74) is 8.15. The van der Waals surface area contributed by atoms with Crippen LogP contribution in [-0.2, 0) is 9.59 Å². The van der Waals surface area contributed by atoms with Gasteiger partial charge in [-0.2, -0.15) is 24.4 Å². The van der Waals surface area contributed by atoms with Gasteiger partial charge < -0.3 is 26.2 Å². The number of pyridine rings is 1. The quantitative estimate of drug-likeness (QED) is 0.255. The highest BCUT2D eigenvalue weighted by atomic mass is 32.2. The number of amides is 1. The number of carbonyl (C=O) groups is 2. The molecule has 0 aliphatic carbocycles. The molecule has 33 heavy (non-hydrogen) atoms. The van der Waals surface area contributed by atoms with Crippen molar-refractivity contribution < 1.29 is 19.4 Å². The summed E-state index contributed by atoms with van der Waals surface area (Å²) in [7, 11) is 0. The third kappa shape index (κ3) is 8.45. The highest BCUT2D eigenvalue weighted by molar-refractivity contribution is 7.98. The third-order valence-electron chi connectivity index (χ3n) is 4.86. The summed E-state index contributed by atoms with van der Waals surface area (Å²) in [4.78, 5) is 29.0. The van der Waals surface area contributed by atoms with Crippen molar-refractivity contribution in [2.75, 3.05) is 29.6 Å². The van der Waals surface area contributed by atoms with E-state index in [2.05, 4.69) is 28.2 Å². The van der Waals surface area contributed by atoms with Gasteiger partial charge in [0.05, 0.1) is 11.4 Å². The number of rotatable bonds is 14. The Morgan fingerprint density at radius 2 is 1.97 bits per heavy atom. The van der Waals surface area contributed by atoms with Crippen LogP contribution in [0.2, 0.25) is 0 Å². The Balaban J connectivity index is 2.27. The van der Waals surface area contributed by atoms with Gasteiger partial charge in [0.1, 0.15) is 6.04 Å². The zero-order valence-electron chi connectivity index (χ0n) is 18.9. The van der Waals surface area contributed by atoms with Crippen molar-refractivity contribution in [2.45, 2.75) is 38.0 Å². The standard InChI is InChI=1S/C23H32N4O4S2/c1-3-20(21(28)26-19(23(29)30)11-12-33-2)31-22-18(25-13-16(24)14-32)10-9-17(27-22)15-7-5-4-6-8-15/h4-10,16,19-20,25,32H,3,11-14,24H2,1-2H3,(H,26,28)(H,29,30). The maximum atomic E-state index is 12.9. The summed E-state index contributed by atoms with van der Waals surface area (Å²) in [6, 6.07) is 12.2. The molecular weight excluding hydrogens is 460 g/mol. The minimum Gasteiger partial charge on any atom is -0.480 e. The topological polar surface area (TPSA) is 127 Å². The number of carbonyl (C=O) groups excluding carboxylic acids is 1. The number of benzene rings is 1. The number of anilines is 1. The summed E-state index contributed by atoms with van der Waals surface area (Å²) in [5, 5.41) is 15.2. The fourth-order valence-electron chi connectivity index (χ4n) is 2.95. The Hall–Kier alpha value is -2.43. The van der Waals surface area contributed by atoms with Crippen LogP contribution in [-0.4, -0.2) is 64.5 Å². The maximum Gasteiger partial charge on any atom is 0.326 e. The SMILES string of the molecule is CCC(Oc1nc(-c2ccccc2)ccc1NCC(N)CS)C(=O)NC(CCSC)C(=O)O. The van der Waals surface area contributed by atoms with Gasteiger partial charge in [-0.25, -0.2) is 9.78 Å². The van der Waals surface area contributed by atoms with E-state index < -0.39 is 24.0 Å². The number of hydrogen-bond acceptors (Lipinski definition) is 8. The molecule has 5 N–H and O–H groups in total. The molecule has 0 spiro atoms. The molecule has 3 atom stereocenters. The molecule has 0 aliphatic heterocycles. The van der Waals surface area contributed by atoms with Crippen LogP contribution < -0.4 is 21.1 Å². The molecule has 2 aromatic rings. The van der Waals surface area contributed by atoms with Gasteiger partial charge in [-0.1, -0.05) is 37.3 Å². The van der Waals surface area contributed by atoms with Crippen molar-refractivity contribution in [3.05, 3.63) is 42.5 Å². The van der Waals surface area contributed by atoms with Gasteiger partial charge in [0.15, 0.2) is 6.10 Å². The Labute approximate surface area is 204 Å². The summed E-state index contributed by atoms with van der Waals surface area (Å²) in [6.07, 6.45) is 1.65. The lowest BCUT2D eigenvalue weighted by Crippen LogP contribution is -2.47. The molecule has 10 heteroatoms. The van der Waals surface area contributed by atoms with E-state index in [0.717, 1.165) is 5.56 Å². The van der Waals surface area contributed by atoms with Gasteiger partial charge in [-0.15, -0.1) is 0 Å². The van der Waals surface area contributed by atoms with Gasteiger partial charge in [0, 0.05) is 23.9 Å². The van der Waals surface area contributed by atoms with E-state index in [0.29, 0.717) is 42.3 Å². The minimum atomic E-state index is -1.07. The molecule has 0 fully saturated rings. The Bertz CT molecular complexity index is 901. The highest BCUT2D eigenvalue weighted by Gasteiger charge is 2.26. The summed E-state index contributed by atoms with van der Waals surface area (Å²) >= 11 is 5.73. The van der Waals surface area contributed by atoms with Crippen molar-refractivity contribution in [2.24, 2.45) is 5.73 Å². The van der Waals surface area contributed by atoms with E-state index in [1.165, 1.54) is 11.8 Å². The summed E-state index contributed by atoms with van der Waals surface area (Å²) in [5.74, 6) is -0.184. The van der Waals surface area contributed by atoms with E-state index in [1.54, 1.807) is 6.92 Å². The normalized spacial score (nSPS) is 13.6. The number of nitrogens with one attached hydrogen (secondary N) is 2. The number of carboxylic acids is 1. The number of nitrogens with two attached hydrogens (primary N) is 1. The zero-order valence-corrected chi connectivity index (χ0v) is 20.6. The fraction of sp³-hybridized carbons (Fsp3) is 0.435. The van der Waals surface area contributed by atoms with Crippen molar-refractivity contribution in [3.8, 4) is 17.1 Å². The van der Waals surface area contributed by atoms with Crippen LogP contribution in [0.3, 0.4) is 0 Å². The molecule has 8 nitrogen and oxygen atoms in total. The van der Waals surface area contributed by atoms with Crippen molar-refractivity contribution in [1.29, 1.82) is 0 Å². The predicted molar refractivity (Wildman–Crippen MR) is 137 cm³/mol. The average molecular weight is 493 g/mol. The van der Waals surface area contributed by atoms with Gasteiger partial charge in [-0.05, 0) is 37.0 Å². The molecule has 2 rings (SSSR count). The summed E-state index contributed by atoms with van der Waals surface area (Å²) < 4.78 is 6.03. The molecule has 0 radical (unpaired) electrons. The van der Waals surface area contributed by atoms with Crippen LogP contribution in [0.4, 0.5) is 5.69 Å². The first-order valence-electron chi connectivity index (χ1n) is 10.7. The summed E-state index contributed by atoms with van der Waals surface area (Å²) in [6.45, 7) is 2.25. The second-order valence-electron chi connectivity index (χ2n) is 7.43. The lowest BCUT2D eigenvalue weighted by Gasteiger charge is -2.22. The number of ether oxygens (including phenoxy) is 1. The molecule has 1 heterocycles. The Kier molecular flexibility index (Phi) is 11.4. The van der Waals surface area contributed by atoms with Crippen molar-refractivity contribution in [1.82, 2.24) is 10.3 Å². The van der Waals surface area contributed by atoms with Crippen LogP contribution in [0.1, 0.15) is 19.8 Å². The molecule has 0 bridgehead atoms. The first-order valence-corrected chi connectivity index (χ1v) is 12.8. The highest BCUT2D eigenvalue weighted by Crippen LogP contribution is 2.28. The lowest BCUT2D eigenvalue weighted by molar-refractivity contribution is -0.143. The van der Waals surface area contributed by atoms with Gasteiger partial charge >= 0.3 is 5.97 Å². The second kappa shape index (κ2) is 14.0. The largest absolute Gasteiger partial charge is 0.480 e. The number of thioether (sulfide) groups is 1. The zero-order chi connectivity index (χ0) is 24.2. The first-order chi connectivity index (χ1) is 15.9. The smallest absolute Gasteiger partial charge is 0.326 e. The average Bonchev–Trinajstić information content (AvgIpc) is 2.83. The number of aliphatic carboxylic acids is 1. The number of thiol groups is 1. The van der Waals surface area contributed by atoms with Crippen molar-refractivity contribution >= 4 is 42.0 Å². The predicted octanol–water partition coefficient (Wildman–Crippen LogP) is 2.90. The van der Waals surface area contributed by atoms with E-state index in [-0.39, 0.29) is 11.9 Å². The van der Waals surface area contributed by atoms with Crippen molar-refractivity contribution in [3.63, 3.8) is 0 Å². The van der Waals surface area contributed by atoms with Gasteiger partial charge in [0.25, 0.3) is 5.91 Å². The minimum absolute atomic E-state index is 0.173. The number of nitrogens with zero attached hydrogens (tertiary/aromatic N) is 1. The van der Waals surface area contributed by atoms with Crippen LogP contribution in [0.15, 0.2) is 42.5 Å². The van der Waals surface area contributed by atoms with Gasteiger partial charge in [-0.3, -0.25) is 4.79 Å². The molecule has 1 amide bonds. The number of carboxylic acid groups (broad SMARTS) is 1. The van der Waals surface area contributed by atoms with E-state index >= 15 is 0 Å². The third-order valence-corrected chi connectivity index (χ3v) is 5.97. The van der Waals surface area contributed by atoms with Crippen LogP contribution in [0, 0.1) is 0 Å². The molecule has 180 valence electrons. The molecule has 3 unspecified atom stereocenters. The molecule has 1 aromatic carbocycles. The molecular formula is C23H32N4O4S2. The van der Waals surface area contributed by atoms with Crippen LogP contribution in [0.5, 0.6) is 5.88 Å². The van der Waals surface area contributed by atoms with Crippen LogP contribution in [0.25, 0.3) is 11.3 Å². The molecule has 0 aliphatic rings. The first kappa shape index (κ1) is 26.8. The van der Waals surface area contributed by atoms with Crippen LogP contribution >= 0.6 is 24.4 Å². The molecule has 0 saturated carbocycles. The van der Waals surface area contributed by atoms with Gasteiger partial charge in [0.2, 0.25) is 5.88 Å². The van der Waals surface area contributed by atoms with E-state index in [1.807, 2.05) is 48.7 Å². The fourth-order valence-corrected chi connectivity index (χ4v) is 3.56. The lowest BCUT2D eigenvalue weighted by atomic mass is 10.1. The van der Waals surface area contributed by atoms with E-state index in [9.17, 15) is 14.7 Å². The second-order valence-corrected chi connectivity index (χ2v) is 8.79. The number of aromatic nitrogens is 1. The van der Waals surface area contributed by atoms with E-state index in [4.69, 9.17) is 10.5 Å². The maximum absolute atomic E-state index is 12.9. The molecule has 1 aromatic heterocycles. The monoisotopic (exact) mass is 492 g/mol. The Morgan fingerprint density at radius 3 is 2.58 bits per heavy atom. The molecule has 0 saturated heterocycles. The Morgan fingerprint density at radius 1 is 1.24 bits per heavy atom. The number of hydrogen-bond donors (Lipinski definition) is 5.